The SMILES string of the molecule is FC(F)Oc1ccccc1C=NOCc1nnc(-c2ccccc2)o1. The Balaban J connectivity index is 1.59. The van der Waals surface area contributed by atoms with Gasteiger partial charge in [0.2, 0.25) is 5.89 Å². The number of para-hydroxylation sites is 1. The molecule has 25 heavy (non-hydrogen) atoms. The lowest BCUT2D eigenvalue weighted by atomic mass is 10.2. The van der Waals surface area contributed by atoms with Gasteiger partial charge in [-0.1, -0.05) is 35.5 Å². The molecule has 0 bridgehead atoms. The van der Waals surface area contributed by atoms with Crippen LogP contribution in [0.1, 0.15) is 11.5 Å². The minimum Gasteiger partial charge on any atom is -0.434 e. The Hall–Kier alpha value is -3.29. The summed E-state index contributed by atoms with van der Waals surface area (Å²) in [4.78, 5) is 5.06. The van der Waals surface area contributed by atoms with Crippen LogP contribution in [0.4, 0.5) is 8.78 Å². The summed E-state index contributed by atoms with van der Waals surface area (Å²) in [6.07, 6.45) is 1.27. The first-order valence-electron chi connectivity index (χ1n) is 7.29. The van der Waals surface area contributed by atoms with Crippen molar-refractivity contribution in [1.82, 2.24) is 10.2 Å². The highest BCUT2D eigenvalue weighted by Gasteiger charge is 2.09. The first kappa shape index (κ1) is 16.6. The number of benzene rings is 2. The largest absolute Gasteiger partial charge is 0.434 e. The van der Waals surface area contributed by atoms with E-state index in [0.29, 0.717) is 11.5 Å². The van der Waals surface area contributed by atoms with E-state index in [2.05, 4.69) is 20.1 Å². The summed E-state index contributed by atoms with van der Waals surface area (Å²) >= 11 is 0. The summed E-state index contributed by atoms with van der Waals surface area (Å²) in [6, 6.07) is 15.5. The van der Waals surface area contributed by atoms with E-state index in [1.54, 1.807) is 18.2 Å². The van der Waals surface area contributed by atoms with Crippen LogP contribution in [-0.2, 0) is 11.4 Å². The molecule has 0 amide bonds. The molecule has 0 spiro atoms. The molecule has 0 atom stereocenters. The maximum absolute atomic E-state index is 12.3. The van der Waals surface area contributed by atoms with Crippen LogP contribution in [0.5, 0.6) is 5.75 Å². The van der Waals surface area contributed by atoms with Crippen molar-refractivity contribution in [3.05, 3.63) is 66.1 Å². The summed E-state index contributed by atoms with van der Waals surface area (Å²) in [6.45, 7) is -2.96. The van der Waals surface area contributed by atoms with Gasteiger partial charge in [-0.25, -0.2) is 0 Å². The third-order valence-electron chi connectivity index (χ3n) is 3.08. The molecule has 0 saturated heterocycles. The number of oxime groups is 1. The molecule has 1 aromatic heterocycles. The Labute approximate surface area is 141 Å². The first-order valence-corrected chi connectivity index (χ1v) is 7.29. The van der Waals surface area contributed by atoms with Crippen LogP contribution in [0, 0.1) is 0 Å². The minimum absolute atomic E-state index is 0.00834. The fourth-order valence-electron chi connectivity index (χ4n) is 1.99. The number of ether oxygens (including phenoxy) is 1. The van der Waals surface area contributed by atoms with Crippen molar-refractivity contribution in [3.8, 4) is 17.2 Å². The van der Waals surface area contributed by atoms with Crippen molar-refractivity contribution >= 4 is 6.21 Å². The molecule has 0 saturated carbocycles. The Morgan fingerprint density at radius 1 is 1.04 bits per heavy atom. The van der Waals surface area contributed by atoms with Crippen LogP contribution in [0.3, 0.4) is 0 Å². The Morgan fingerprint density at radius 2 is 1.80 bits per heavy atom. The van der Waals surface area contributed by atoms with Crippen molar-refractivity contribution in [3.63, 3.8) is 0 Å². The van der Waals surface area contributed by atoms with Crippen molar-refractivity contribution in [2.75, 3.05) is 0 Å². The van der Waals surface area contributed by atoms with Gasteiger partial charge in [0.05, 0.1) is 6.21 Å². The van der Waals surface area contributed by atoms with Gasteiger partial charge in [0.25, 0.3) is 5.89 Å². The minimum atomic E-state index is -2.91. The molecule has 128 valence electrons. The second-order valence-corrected chi connectivity index (χ2v) is 4.79. The van der Waals surface area contributed by atoms with Gasteiger partial charge >= 0.3 is 6.61 Å². The third kappa shape index (κ3) is 4.60. The van der Waals surface area contributed by atoms with Crippen molar-refractivity contribution in [1.29, 1.82) is 0 Å². The number of nitrogens with zero attached hydrogens (tertiary/aromatic N) is 3. The predicted molar refractivity (Wildman–Crippen MR) is 85.2 cm³/mol. The van der Waals surface area contributed by atoms with Crippen LogP contribution in [0.25, 0.3) is 11.5 Å². The number of halogens is 2. The van der Waals surface area contributed by atoms with Crippen LogP contribution in [0.15, 0.2) is 64.2 Å². The van der Waals surface area contributed by atoms with E-state index >= 15 is 0 Å². The Kier molecular flexibility index (Phi) is 5.30. The van der Waals surface area contributed by atoms with Crippen molar-refractivity contribution < 1.29 is 22.8 Å². The lowest BCUT2D eigenvalue weighted by molar-refractivity contribution is -0.0499. The van der Waals surface area contributed by atoms with Crippen LogP contribution in [-0.4, -0.2) is 23.0 Å². The molecule has 0 fully saturated rings. The number of alkyl halides is 2. The van der Waals surface area contributed by atoms with E-state index in [9.17, 15) is 8.78 Å². The summed E-state index contributed by atoms with van der Waals surface area (Å²) in [5.41, 5.74) is 1.15. The van der Waals surface area contributed by atoms with Crippen LogP contribution in [0.2, 0.25) is 0 Å². The highest BCUT2D eigenvalue weighted by atomic mass is 19.3. The van der Waals surface area contributed by atoms with Gasteiger partial charge in [0, 0.05) is 11.1 Å². The normalized spacial score (nSPS) is 11.2. The standard InChI is InChI=1S/C17H13F2N3O3/c18-17(19)24-14-9-5-4-8-13(14)10-20-23-11-15-21-22-16(25-15)12-6-2-1-3-7-12/h1-10,17H,11H2. The maximum Gasteiger partial charge on any atom is 0.387 e. The van der Waals surface area contributed by atoms with Crippen molar-refractivity contribution in [2.24, 2.45) is 5.16 Å². The highest BCUT2D eigenvalue weighted by Crippen LogP contribution is 2.19. The van der Waals surface area contributed by atoms with Gasteiger partial charge in [0.15, 0.2) is 6.61 Å². The van der Waals surface area contributed by atoms with Gasteiger partial charge in [-0.2, -0.15) is 8.78 Å². The van der Waals surface area contributed by atoms with Gasteiger partial charge in [-0.05, 0) is 24.3 Å². The lowest BCUT2D eigenvalue weighted by Gasteiger charge is -2.06. The molecule has 8 heteroatoms. The van der Waals surface area contributed by atoms with Gasteiger partial charge in [-0.3, -0.25) is 0 Å². The molecule has 3 aromatic rings. The van der Waals surface area contributed by atoms with Gasteiger partial charge < -0.3 is 14.0 Å². The summed E-state index contributed by atoms with van der Waals surface area (Å²) in [5.74, 6) is 0.626. The highest BCUT2D eigenvalue weighted by molar-refractivity contribution is 5.83. The zero-order valence-electron chi connectivity index (χ0n) is 12.9. The van der Waals surface area contributed by atoms with Gasteiger partial charge in [0.1, 0.15) is 5.75 Å². The second-order valence-electron chi connectivity index (χ2n) is 4.79. The fraction of sp³-hybridized carbons (Fsp3) is 0.118. The predicted octanol–water partition coefficient (Wildman–Crippen LogP) is 3.89. The van der Waals surface area contributed by atoms with E-state index in [1.807, 2.05) is 30.3 Å². The molecule has 0 aliphatic heterocycles. The monoisotopic (exact) mass is 345 g/mol. The van der Waals surface area contributed by atoms with E-state index in [4.69, 9.17) is 9.25 Å². The molecule has 1 heterocycles. The molecule has 0 N–H and O–H groups in total. The van der Waals surface area contributed by atoms with E-state index < -0.39 is 6.61 Å². The zero-order valence-corrected chi connectivity index (χ0v) is 12.9. The Bertz CT molecular complexity index is 838. The van der Waals surface area contributed by atoms with Gasteiger partial charge in [-0.15, -0.1) is 10.2 Å². The van der Waals surface area contributed by atoms with E-state index in [-0.39, 0.29) is 18.2 Å². The lowest BCUT2D eigenvalue weighted by Crippen LogP contribution is -2.04. The molecule has 2 aromatic carbocycles. The molecule has 6 nitrogen and oxygen atoms in total. The van der Waals surface area contributed by atoms with Crippen LogP contribution < -0.4 is 4.74 Å². The number of aromatic nitrogens is 2. The maximum atomic E-state index is 12.3. The molecule has 3 rings (SSSR count). The fourth-order valence-corrected chi connectivity index (χ4v) is 1.99. The number of hydrogen-bond acceptors (Lipinski definition) is 6. The smallest absolute Gasteiger partial charge is 0.387 e. The third-order valence-corrected chi connectivity index (χ3v) is 3.08. The first-order chi connectivity index (χ1) is 12.2. The molecular weight excluding hydrogens is 332 g/mol. The number of hydrogen-bond donors (Lipinski definition) is 0. The number of rotatable bonds is 7. The van der Waals surface area contributed by atoms with E-state index in [1.165, 1.54) is 12.3 Å². The average Bonchev–Trinajstić information content (AvgIpc) is 3.09. The zero-order chi connectivity index (χ0) is 17.5. The second kappa shape index (κ2) is 8.00. The van der Waals surface area contributed by atoms with Crippen molar-refractivity contribution in [2.45, 2.75) is 13.2 Å². The molecule has 0 aliphatic carbocycles. The molecular formula is C17H13F2N3O3. The summed E-state index contributed by atoms with van der Waals surface area (Å²) in [7, 11) is 0. The van der Waals surface area contributed by atoms with Crippen LogP contribution >= 0.6 is 0 Å². The van der Waals surface area contributed by atoms with E-state index in [0.717, 1.165) is 5.56 Å². The average molecular weight is 345 g/mol. The topological polar surface area (TPSA) is 69.7 Å². The molecule has 0 aliphatic rings. The Morgan fingerprint density at radius 3 is 2.60 bits per heavy atom. The molecule has 0 radical (unpaired) electrons. The summed E-state index contributed by atoms with van der Waals surface area (Å²) in [5, 5.41) is 11.5. The quantitative estimate of drug-likeness (QED) is 0.480. The summed E-state index contributed by atoms with van der Waals surface area (Å²) < 4.78 is 34.5. The molecule has 0 unspecified atom stereocenters.